The third kappa shape index (κ3) is 3.33. The van der Waals surface area contributed by atoms with Crippen LogP contribution in [0, 0.1) is 11.7 Å². The summed E-state index contributed by atoms with van der Waals surface area (Å²) in [6, 6.07) is 3.78. The first-order valence-corrected chi connectivity index (χ1v) is 7.67. The van der Waals surface area contributed by atoms with E-state index in [9.17, 15) is 12.8 Å². The van der Waals surface area contributed by atoms with Crippen molar-refractivity contribution in [1.82, 2.24) is 4.72 Å². The largest absolute Gasteiger partial charge is 0.395 e. The summed E-state index contributed by atoms with van der Waals surface area (Å²) in [4.78, 5) is -0.196. The molecule has 1 aromatic rings. The van der Waals surface area contributed by atoms with E-state index in [1.165, 1.54) is 12.1 Å². The molecule has 0 saturated heterocycles. The molecule has 0 amide bonds. The highest BCUT2D eigenvalue weighted by atomic mass is 32.2. The van der Waals surface area contributed by atoms with E-state index in [0.29, 0.717) is 6.54 Å². The lowest BCUT2D eigenvalue weighted by molar-refractivity contribution is 0.468. The Balaban J connectivity index is 2.09. The minimum Gasteiger partial charge on any atom is -0.395 e. The van der Waals surface area contributed by atoms with E-state index in [1.807, 2.05) is 0 Å². The zero-order chi connectivity index (χ0) is 13.9. The smallest absolute Gasteiger partial charge is 0.242 e. The minimum atomic E-state index is -3.75. The fourth-order valence-corrected chi connectivity index (χ4v) is 3.35. The number of hydrogen-bond acceptors (Lipinski definition) is 3. The number of para-hydroxylation sites is 1. The number of nitrogen functional groups attached to an aromatic ring is 1. The summed E-state index contributed by atoms with van der Waals surface area (Å²) < 4.78 is 39.9. The third-order valence-electron chi connectivity index (χ3n) is 3.24. The third-order valence-corrected chi connectivity index (χ3v) is 4.72. The molecule has 0 aromatic heterocycles. The van der Waals surface area contributed by atoms with Crippen molar-refractivity contribution in [3.63, 3.8) is 0 Å². The van der Waals surface area contributed by atoms with Gasteiger partial charge in [0.1, 0.15) is 10.7 Å². The fraction of sp³-hybridized carbons (Fsp3) is 0.385. The molecule has 3 N–H and O–H groups in total. The van der Waals surface area contributed by atoms with E-state index in [-0.39, 0.29) is 16.5 Å². The van der Waals surface area contributed by atoms with Crippen LogP contribution in [-0.2, 0) is 10.0 Å². The number of nitrogens with one attached hydrogen (secondary N) is 1. The van der Waals surface area contributed by atoms with Crippen molar-refractivity contribution in [2.45, 2.75) is 24.2 Å². The van der Waals surface area contributed by atoms with Gasteiger partial charge in [-0.25, -0.2) is 17.5 Å². The second kappa shape index (κ2) is 5.71. The molecule has 2 rings (SSSR count). The van der Waals surface area contributed by atoms with Crippen LogP contribution >= 0.6 is 0 Å². The van der Waals surface area contributed by atoms with E-state index < -0.39 is 15.8 Å². The SMILES string of the molecule is Nc1c(F)cccc1S(=O)(=O)NCC1CC=CCC1. The highest BCUT2D eigenvalue weighted by Gasteiger charge is 2.21. The molecule has 4 nitrogen and oxygen atoms in total. The van der Waals surface area contributed by atoms with Crippen LogP contribution in [0.3, 0.4) is 0 Å². The number of allylic oxidation sites excluding steroid dienone is 2. The van der Waals surface area contributed by atoms with Gasteiger partial charge in [-0.05, 0) is 37.3 Å². The van der Waals surface area contributed by atoms with Crippen molar-refractivity contribution in [2.75, 3.05) is 12.3 Å². The van der Waals surface area contributed by atoms with E-state index in [0.717, 1.165) is 25.3 Å². The van der Waals surface area contributed by atoms with E-state index >= 15 is 0 Å². The predicted octanol–water partition coefficient (Wildman–Crippen LogP) is 2.04. The van der Waals surface area contributed by atoms with Crippen molar-refractivity contribution in [2.24, 2.45) is 5.92 Å². The van der Waals surface area contributed by atoms with Gasteiger partial charge in [0, 0.05) is 6.54 Å². The highest BCUT2D eigenvalue weighted by molar-refractivity contribution is 7.89. The van der Waals surface area contributed by atoms with Crippen LogP contribution in [0.2, 0.25) is 0 Å². The molecule has 1 atom stereocenters. The Labute approximate surface area is 112 Å². The van der Waals surface area contributed by atoms with Crippen LogP contribution in [0.15, 0.2) is 35.2 Å². The molecule has 0 aliphatic heterocycles. The van der Waals surface area contributed by atoms with Crippen molar-refractivity contribution in [1.29, 1.82) is 0 Å². The van der Waals surface area contributed by atoms with Gasteiger partial charge < -0.3 is 5.73 Å². The molecule has 19 heavy (non-hydrogen) atoms. The summed E-state index contributed by atoms with van der Waals surface area (Å²) in [7, 11) is -3.75. The van der Waals surface area contributed by atoms with Gasteiger partial charge in [-0.1, -0.05) is 18.2 Å². The van der Waals surface area contributed by atoms with Crippen LogP contribution in [0.4, 0.5) is 10.1 Å². The van der Waals surface area contributed by atoms with Crippen LogP contribution in [0.25, 0.3) is 0 Å². The topological polar surface area (TPSA) is 72.2 Å². The van der Waals surface area contributed by atoms with Crippen molar-refractivity contribution in [3.05, 3.63) is 36.2 Å². The number of hydrogen-bond donors (Lipinski definition) is 2. The van der Waals surface area contributed by atoms with E-state index in [4.69, 9.17) is 5.73 Å². The first-order chi connectivity index (χ1) is 9.00. The Morgan fingerprint density at radius 3 is 2.84 bits per heavy atom. The lowest BCUT2D eigenvalue weighted by Gasteiger charge is -2.18. The average molecular weight is 284 g/mol. The van der Waals surface area contributed by atoms with Gasteiger partial charge in [-0.3, -0.25) is 0 Å². The predicted molar refractivity (Wildman–Crippen MR) is 72.5 cm³/mol. The van der Waals surface area contributed by atoms with Crippen molar-refractivity contribution >= 4 is 15.7 Å². The van der Waals surface area contributed by atoms with Gasteiger partial charge in [0.25, 0.3) is 0 Å². The van der Waals surface area contributed by atoms with Crippen LogP contribution in [0.1, 0.15) is 19.3 Å². The lowest BCUT2D eigenvalue weighted by atomic mass is 9.95. The monoisotopic (exact) mass is 284 g/mol. The van der Waals surface area contributed by atoms with Gasteiger partial charge in [-0.15, -0.1) is 0 Å². The zero-order valence-corrected chi connectivity index (χ0v) is 11.3. The maximum atomic E-state index is 13.3. The van der Waals surface area contributed by atoms with Gasteiger partial charge in [0.05, 0.1) is 5.69 Å². The van der Waals surface area contributed by atoms with Crippen molar-refractivity contribution in [3.8, 4) is 0 Å². The fourth-order valence-electron chi connectivity index (χ4n) is 2.10. The van der Waals surface area contributed by atoms with E-state index in [2.05, 4.69) is 16.9 Å². The second-order valence-corrected chi connectivity index (χ2v) is 6.39. The normalized spacial score (nSPS) is 19.5. The van der Waals surface area contributed by atoms with Gasteiger partial charge in [0.15, 0.2) is 0 Å². The zero-order valence-electron chi connectivity index (χ0n) is 10.5. The van der Waals surface area contributed by atoms with Crippen molar-refractivity contribution < 1.29 is 12.8 Å². The summed E-state index contributed by atoms with van der Waals surface area (Å²) in [5, 5.41) is 0. The molecule has 0 saturated carbocycles. The van der Waals surface area contributed by atoms with Gasteiger partial charge >= 0.3 is 0 Å². The standard InChI is InChI=1S/C13H17FN2O2S/c14-11-7-4-8-12(13(11)15)19(17,18)16-9-10-5-2-1-3-6-10/h1-2,4,7-8,10,16H,3,5-6,9,15H2. The number of rotatable bonds is 4. The summed E-state index contributed by atoms with van der Waals surface area (Å²) in [5.74, 6) is -0.432. The van der Waals surface area contributed by atoms with E-state index in [1.54, 1.807) is 0 Å². The molecular weight excluding hydrogens is 267 g/mol. The van der Waals surface area contributed by atoms with Gasteiger partial charge in [-0.2, -0.15) is 0 Å². The summed E-state index contributed by atoms with van der Waals surface area (Å²) in [5.41, 5.74) is 5.14. The Morgan fingerprint density at radius 2 is 2.16 bits per heavy atom. The second-order valence-electron chi connectivity index (χ2n) is 4.65. The Kier molecular flexibility index (Phi) is 4.21. The summed E-state index contributed by atoms with van der Waals surface area (Å²) in [6.07, 6.45) is 6.93. The molecule has 0 heterocycles. The number of benzene rings is 1. The summed E-state index contributed by atoms with van der Waals surface area (Å²) in [6.45, 7) is 0.350. The molecule has 0 spiro atoms. The molecule has 1 unspecified atom stereocenters. The molecule has 6 heteroatoms. The molecule has 104 valence electrons. The van der Waals surface area contributed by atoms with Crippen LogP contribution in [0.5, 0.6) is 0 Å². The quantitative estimate of drug-likeness (QED) is 0.656. The van der Waals surface area contributed by atoms with Gasteiger partial charge in [0.2, 0.25) is 10.0 Å². The number of anilines is 1. The maximum absolute atomic E-state index is 13.3. The molecule has 1 aliphatic rings. The summed E-state index contributed by atoms with van der Waals surface area (Å²) >= 11 is 0. The minimum absolute atomic E-state index is 0.196. The molecule has 0 bridgehead atoms. The highest BCUT2D eigenvalue weighted by Crippen LogP contribution is 2.22. The Hall–Kier alpha value is -1.40. The first-order valence-electron chi connectivity index (χ1n) is 6.19. The Bertz CT molecular complexity index is 584. The molecular formula is C13H17FN2O2S. The first kappa shape index (κ1) is 14.0. The number of nitrogens with two attached hydrogens (primary N) is 1. The molecule has 1 aliphatic carbocycles. The maximum Gasteiger partial charge on any atom is 0.242 e. The number of halogens is 1. The van der Waals surface area contributed by atoms with Crippen LogP contribution in [-0.4, -0.2) is 15.0 Å². The number of sulfonamides is 1. The average Bonchev–Trinajstić information content (AvgIpc) is 2.41. The molecule has 0 fully saturated rings. The molecule has 1 aromatic carbocycles. The Morgan fingerprint density at radius 1 is 1.37 bits per heavy atom. The molecule has 0 radical (unpaired) electrons. The van der Waals surface area contributed by atoms with Crippen LogP contribution < -0.4 is 10.5 Å². The lowest BCUT2D eigenvalue weighted by Crippen LogP contribution is -2.30.